The smallest absolute Gasteiger partial charge is 0.253 e. The molecule has 27 heavy (non-hydrogen) atoms. The van der Waals surface area contributed by atoms with Gasteiger partial charge in [0.1, 0.15) is 12.4 Å². The number of anilines is 1. The Morgan fingerprint density at radius 3 is 2.93 bits per heavy atom. The fourth-order valence-corrected chi connectivity index (χ4v) is 3.99. The van der Waals surface area contributed by atoms with Crippen LogP contribution >= 0.6 is 0 Å². The molecule has 6 heteroatoms. The van der Waals surface area contributed by atoms with E-state index in [2.05, 4.69) is 22.0 Å². The zero-order chi connectivity index (χ0) is 18.9. The number of rotatable bonds is 3. The Morgan fingerprint density at radius 1 is 1.26 bits per heavy atom. The van der Waals surface area contributed by atoms with Gasteiger partial charge in [-0.05, 0) is 56.1 Å². The number of ether oxygens (including phenoxy) is 1. The fourth-order valence-electron chi connectivity index (χ4n) is 3.99. The number of carbonyl (C=O) groups is 1. The Hall–Kier alpha value is -2.31. The molecule has 2 aliphatic rings. The van der Waals surface area contributed by atoms with Gasteiger partial charge in [-0.3, -0.25) is 14.7 Å². The molecular weight excluding hydrogens is 345 g/mol. The van der Waals surface area contributed by atoms with Crippen molar-refractivity contribution in [3.05, 3.63) is 59.7 Å². The Bertz CT molecular complexity index is 826. The van der Waals surface area contributed by atoms with E-state index in [1.54, 1.807) is 17.0 Å². The normalized spacial score (nSPS) is 23.8. The van der Waals surface area contributed by atoms with Crippen LogP contribution in [0.5, 0.6) is 0 Å². The Balaban J connectivity index is 1.49. The van der Waals surface area contributed by atoms with Crippen molar-refractivity contribution in [2.45, 2.75) is 31.9 Å². The Labute approximate surface area is 158 Å². The molecule has 5 nitrogen and oxygen atoms in total. The monoisotopic (exact) mass is 369 g/mol. The van der Waals surface area contributed by atoms with Crippen LogP contribution in [0.4, 0.5) is 10.1 Å². The minimum Gasteiger partial charge on any atom is -0.362 e. The average Bonchev–Trinajstić information content (AvgIpc) is 2.66. The first-order valence-electron chi connectivity index (χ1n) is 9.37. The van der Waals surface area contributed by atoms with Crippen LogP contribution in [0.25, 0.3) is 0 Å². The predicted octanol–water partition coefficient (Wildman–Crippen LogP) is 2.93. The van der Waals surface area contributed by atoms with Crippen LogP contribution < -0.4 is 4.90 Å². The summed E-state index contributed by atoms with van der Waals surface area (Å²) in [5.41, 5.74) is 2.36. The Morgan fingerprint density at radius 2 is 2.15 bits per heavy atom. The first-order chi connectivity index (χ1) is 13.0. The van der Waals surface area contributed by atoms with Gasteiger partial charge in [-0.25, -0.2) is 4.39 Å². The molecule has 0 saturated carbocycles. The predicted molar refractivity (Wildman–Crippen MR) is 101 cm³/mol. The van der Waals surface area contributed by atoms with Crippen LogP contribution in [-0.2, 0) is 16.1 Å². The van der Waals surface area contributed by atoms with E-state index in [0.717, 1.165) is 43.7 Å². The molecule has 1 amide bonds. The van der Waals surface area contributed by atoms with Crippen molar-refractivity contribution in [2.75, 3.05) is 31.1 Å². The molecule has 1 spiro atoms. The van der Waals surface area contributed by atoms with Gasteiger partial charge < -0.3 is 9.64 Å². The molecule has 4 rings (SSSR count). The van der Waals surface area contributed by atoms with Crippen molar-refractivity contribution in [3.8, 4) is 0 Å². The van der Waals surface area contributed by atoms with Gasteiger partial charge in [-0.1, -0.05) is 12.1 Å². The molecule has 2 aromatic rings. The van der Waals surface area contributed by atoms with Crippen molar-refractivity contribution >= 4 is 11.6 Å². The van der Waals surface area contributed by atoms with Gasteiger partial charge in [-0.15, -0.1) is 0 Å². The second-order valence-electron chi connectivity index (χ2n) is 7.57. The number of hydrogen-bond donors (Lipinski definition) is 0. The first kappa shape index (κ1) is 18.1. The number of aryl methyl sites for hydroxylation is 1. The first-order valence-corrected chi connectivity index (χ1v) is 9.37. The number of carbonyl (C=O) groups excluding carboxylic acids is 1. The molecule has 3 heterocycles. The summed E-state index contributed by atoms with van der Waals surface area (Å²) in [6.45, 7) is 5.00. The number of halogens is 1. The second-order valence-corrected chi connectivity index (χ2v) is 7.57. The quantitative estimate of drug-likeness (QED) is 0.835. The highest BCUT2D eigenvalue weighted by Gasteiger charge is 2.43. The van der Waals surface area contributed by atoms with Crippen molar-refractivity contribution in [1.82, 2.24) is 9.88 Å². The number of morpholine rings is 1. The molecule has 2 fully saturated rings. The molecule has 142 valence electrons. The van der Waals surface area contributed by atoms with E-state index in [9.17, 15) is 9.18 Å². The third-order valence-electron chi connectivity index (χ3n) is 5.35. The van der Waals surface area contributed by atoms with Gasteiger partial charge in [0.15, 0.2) is 0 Å². The van der Waals surface area contributed by atoms with Gasteiger partial charge in [0.25, 0.3) is 5.91 Å². The summed E-state index contributed by atoms with van der Waals surface area (Å²) >= 11 is 0. The van der Waals surface area contributed by atoms with E-state index in [1.807, 2.05) is 13.1 Å². The van der Waals surface area contributed by atoms with E-state index in [0.29, 0.717) is 12.2 Å². The number of likely N-dealkylation sites (tertiary alicyclic amines) is 1. The van der Waals surface area contributed by atoms with Crippen molar-refractivity contribution in [2.24, 2.45) is 0 Å². The summed E-state index contributed by atoms with van der Waals surface area (Å²) < 4.78 is 19.7. The highest BCUT2D eigenvalue weighted by molar-refractivity contribution is 5.95. The molecule has 0 aliphatic carbocycles. The van der Waals surface area contributed by atoms with Crippen LogP contribution in [0.15, 0.2) is 42.6 Å². The van der Waals surface area contributed by atoms with E-state index in [4.69, 9.17) is 4.74 Å². The van der Waals surface area contributed by atoms with E-state index < -0.39 is 5.60 Å². The molecule has 1 atom stereocenters. The average molecular weight is 369 g/mol. The third kappa shape index (κ3) is 4.01. The second kappa shape index (κ2) is 7.37. The lowest BCUT2D eigenvalue weighted by Crippen LogP contribution is -2.61. The van der Waals surface area contributed by atoms with Gasteiger partial charge >= 0.3 is 0 Å². The van der Waals surface area contributed by atoms with Crippen molar-refractivity contribution in [1.29, 1.82) is 0 Å². The van der Waals surface area contributed by atoms with Crippen LogP contribution in [0, 0.1) is 12.7 Å². The number of nitrogens with zero attached hydrogens (tertiary/aromatic N) is 3. The largest absolute Gasteiger partial charge is 0.362 e. The SMILES string of the molecule is Cc1ccc(CN2CCCC3(C2)CN(c2cccc(F)c2)C(=O)CO3)nc1. The fraction of sp³-hybridized carbons (Fsp3) is 0.429. The molecule has 2 aliphatic heterocycles. The van der Waals surface area contributed by atoms with E-state index >= 15 is 0 Å². The van der Waals surface area contributed by atoms with Crippen LogP contribution in [0.1, 0.15) is 24.1 Å². The molecule has 1 unspecified atom stereocenters. The lowest BCUT2D eigenvalue weighted by Gasteiger charge is -2.47. The maximum Gasteiger partial charge on any atom is 0.253 e. The molecular formula is C21H24FN3O2. The zero-order valence-electron chi connectivity index (χ0n) is 15.5. The topological polar surface area (TPSA) is 45.7 Å². The summed E-state index contributed by atoms with van der Waals surface area (Å²) in [5.74, 6) is -0.458. The van der Waals surface area contributed by atoms with Crippen LogP contribution in [0.2, 0.25) is 0 Å². The van der Waals surface area contributed by atoms with Crippen LogP contribution in [0.3, 0.4) is 0 Å². The molecule has 0 N–H and O–H groups in total. The lowest BCUT2D eigenvalue weighted by molar-refractivity contribution is -0.146. The van der Waals surface area contributed by atoms with Gasteiger partial charge in [0.05, 0.1) is 17.8 Å². The minimum absolute atomic E-state index is 0.0349. The summed E-state index contributed by atoms with van der Waals surface area (Å²) in [6, 6.07) is 10.3. The number of aromatic nitrogens is 1. The molecule has 1 aromatic heterocycles. The number of hydrogen-bond acceptors (Lipinski definition) is 4. The molecule has 0 radical (unpaired) electrons. The summed E-state index contributed by atoms with van der Waals surface area (Å²) in [6.07, 6.45) is 3.78. The minimum atomic E-state index is -0.414. The van der Waals surface area contributed by atoms with Gasteiger partial charge in [-0.2, -0.15) is 0 Å². The van der Waals surface area contributed by atoms with Gasteiger partial charge in [0.2, 0.25) is 0 Å². The lowest BCUT2D eigenvalue weighted by atomic mass is 9.90. The van der Waals surface area contributed by atoms with Crippen molar-refractivity contribution in [3.63, 3.8) is 0 Å². The molecule has 0 bridgehead atoms. The summed E-state index contributed by atoms with van der Waals surface area (Å²) in [5, 5.41) is 0. The highest BCUT2D eigenvalue weighted by Crippen LogP contribution is 2.32. The maximum absolute atomic E-state index is 13.6. The third-order valence-corrected chi connectivity index (χ3v) is 5.35. The highest BCUT2D eigenvalue weighted by atomic mass is 19.1. The Kier molecular flexibility index (Phi) is 4.93. The zero-order valence-corrected chi connectivity index (χ0v) is 15.5. The standard InChI is InChI=1S/C21H24FN3O2/c1-16-6-7-18(23-11-16)12-24-9-3-8-21(14-24)15-25(20(26)13-27-21)19-5-2-4-17(22)10-19/h2,4-7,10-11H,3,8-9,12-15H2,1H3. The van der Waals surface area contributed by atoms with E-state index in [-0.39, 0.29) is 18.3 Å². The number of piperidine rings is 1. The molecule has 1 aromatic carbocycles. The number of pyridine rings is 1. The summed E-state index contributed by atoms with van der Waals surface area (Å²) in [7, 11) is 0. The molecule has 2 saturated heterocycles. The number of amides is 1. The summed E-state index contributed by atoms with van der Waals surface area (Å²) in [4.78, 5) is 20.9. The number of benzene rings is 1. The van der Waals surface area contributed by atoms with Crippen LogP contribution in [-0.4, -0.2) is 47.6 Å². The van der Waals surface area contributed by atoms with Crippen molar-refractivity contribution < 1.29 is 13.9 Å². The maximum atomic E-state index is 13.6. The van der Waals surface area contributed by atoms with E-state index in [1.165, 1.54) is 12.1 Å². The van der Waals surface area contributed by atoms with Gasteiger partial charge in [0, 0.05) is 25.0 Å².